The van der Waals surface area contributed by atoms with E-state index in [-0.39, 0.29) is 6.61 Å². The van der Waals surface area contributed by atoms with Gasteiger partial charge in [-0.2, -0.15) is 0 Å². The molecule has 0 bridgehead atoms. The van der Waals surface area contributed by atoms with Gasteiger partial charge in [-0.15, -0.1) is 0 Å². The Kier molecular flexibility index (Phi) is 5.91. The molecule has 0 unspecified atom stereocenters. The molecule has 1 aromatic rings. The van der Waals surface area contributed by atoms with Crippen molar-refractivity contribution in [1.82, 2.24) is 4.90 Å². The highest BCUT2D eigenvalue weighted by molar-refractivity contribution is 9.10. The van der Waals surface area contributed by atoms with Crippen molar-refractivity contribution in [1.29, 1.82) is 0 Å². The van der Waals surface area contributed by atoms with E-state index in [1.807, 2.05) is 0 Å². The van der Waals surface area contributed by atoms with E-state index >= 15 is 0 Å². The molecule has 0 aromatic heterocycles. The van der Waals surface area contributed by atoms with E-state index in [9.17, 15) is 0 Å². The molecule has 0 aliphatic rings. The van der Waals surface area contributed by atoms with Gasteiger partial charge in [-0.1, -0.05) is 28.1 Å². The van der Waals surface area contributed by atoms with Crippen LogP contribution in [-0.4, -0.2) is 36.8 Å². The SMILES string of the molecule is CN(CCCO)CCc1ccc(Br)cc1. The maximum Gasteiger partial charge on any atom is 0.0443 e. The predicted molar refractivity (Wildman–Crippen MR) is 67.0 cm³/mol. The number of aliphatic hydroxyl groups excluding tert-OH is 1. The maximum absolute atomic E-state index is 8.70. The van der Waals surface area contributed by atoms with E-state index in [1.54, 1.807) is 0 Å². The third-order valence-electron chi connectivity index (χ3n) is 2.39. The van der Waals surface area contributed by atoms with Crippen molar-refractivity contribution in [2.75, 3.05) is 26.7 Å². The van der Waals surface area contributed by atoms with Crippen molar-refractivity contribution >= 4 is 15.9 Å². The fourth-order valence-electron chi connectivity index (χ4n) is 1.42. The lowest BCUT2D eigenvalue weighted by molar-refractivity contribution is 0.248. The number of likely N-dealkylation sites (N-methyl/N-ethyl adjacent to an activating group) is 1. The first-order chi connectivity index (χ1) is 7.22. The third kappa shape index (κ3) is 5.30. The molecule has 0 aliphatic heterocycles. The van der Waals surface area contributed by atoms with Crippen LogP contribution in [0.2, 0.25) is 0 Å². The molecular weight excluding hydrogens is 254 g/mol. The predicted octanol–water partition coefficient (Wildman–Crippen LogP) is 2.31. The molecule has 15 heavy (non-hydrogen) atoms. The van der Waals surface area contributed by atoms with Gasteiger partial charge >= 0.3 is 0 Å². The highest BCUT2D eigenvalue weighted by Crippen LogP contribution is 2.11. The Morgan fingerprint density at radius 1 is 1.20 bits per heavy atom. The zero-order valence-electron chi connectivity index (χ0n) is 9.12. The maximum atomic E-state index is 8.70. The largest absolute Gasteiger partial charge is 0.396 e. The highest BCUT2D eigenvalue weighted by atomic mass is 79.9. The lowest BCUT2D eigenvalue weighted by Crippen LogP contribution is -2.23. The van der Waals surface area contributed by atoms with E-state index in [2.05, 4.69) is 52.1 Å². The first kappa shape index (κ1) is 12.7. The number of halogens is 1. The molecule has 1 N–H and O–H groups in total. The normalized spacial score (nSPS) is 10.9. The Morgan fingerprint density at radius 2 is 1.87 bits per heavy atom. The number of nitrogens with zero attached hydrogens (tertiary/aromatic N) is 1. The quantitative estimate of drug-likeness (QED) is 0.859. The molecule has 0 spiro atoms. The first-order valence-corrected chi connectivity index (χ1v) is 6.05. The number of hydrogen-bond donors (Lipinski definition) is 1. The Bertz CT molecular complexity index is 273. The van der Waals surface area contributed by atoms with Crippen LogP contribution < -0.4 is 0 Å². The third-order valence-corrected chi connectivity index (χ3v) is 2.92. The van der Waals surface area contributed by atoms with Crippen molar-refractivity contribution in [3.05, 3.63) is 34.3 Å². The average molecular weight is 272 g/mol. The minimum Gasteiger partial charge on any atom is -0.396 e. The summed E-state index contributed by atoms with van der Waals surface area (Å²) in [6, 6.07) is 8.43. The van der Waals surface area contributed by atoms with Gasteiger partial charge in [-0.3, -0.25) is 0 Å². The van der Waals surface area contributed by atoms with Gasteiger partial charge in [0.2, 0.25) is 0 Å². The van der Waals surface area contributed by atoms with Crippen LogP contribution in [0.4, 0.5) is 0 Å². The van der Waals surface area contributed by atoms with Gasteiger partial charge in [-0.05, 0) is 37.6 Å². The highest BCUT2D eigenvalue weighted by Gasteiger charge is 1.98. The molecule has 0 heterocycles. The van der Waals surface area contributed by atoms with Gasteiger partial charge in [0, 0.05) is 24.2 Å². The zero-order chi connectivity index (χ0) is 11.1. The van der Waals surface area contributed by atoms with Crippen LogP contribution in [0.1, 0.15) is 12.0 Å². The standard InChI is InChI=1S/C12H18BrNO/c1-14(8-2-10-15)9-7-11-3-5-12(13)6-4-11/h3-6,15H,2,7-10H2,1H3. The smallest absolute Gasteiger partial charge is 0.0443 e. The van der Waals surface area contributed by atoms with Gasteiger partial charge in [0.15, 0.2) is 0 Å². The van der Waals surface area contributed by atoms with Gasteiger partial charge < -0.3 is 10.0 Å². The summed E-state index contributed by atoms with van der Waals surface area (Å²) in [6.07, 6.45) is 1.92. The summed E-state index contributed by atoms with van der Waals surface area (Å²) in [4.78, 5) is 2.25. The second-order valence-electron chi connectivity index (χ2n) is 3.76. The number of benzene rings is 1. The van der Waals surface area contributed by atoms with Crippen LogP contribution in [0, 0.1) is 0 Å². The lowest BCUT2D eigenvalue weighted by atomic mass is 10.1. The molecule has 0 aliphatic carbocycles. The molecule has 84 valence electrons. The Hall–Kier alpha value is -0.380. The second-order valence-corrected chi connectivity index (χ2v) is 4.67. The summed E-state index contributed by atoms with van der Waals surface area (Å²) in [7, 11) is 2.09. The van der Waals surface area contributed by atoms with Crippen LogP contribution in [0.5, 0.6) is 0 Å². The summed E-state index contributed by atoms with van der Waals surface area (Å²) in [5.74, 6) is 0. The van der Waals surface area contributed by atoms with Crippen molar-refractivity contribution < 1.29 is 5.11 Å². The topological polar surface area (TPSA) is 23.5 Å². The molecule has 1 rings (SSSR count). The van der Waals surface area contributed by atoms with Gasteiger partial charge in [-0.25, -0.2) is 0 Å². The van der Waals surface area contributed by atoms with E-state index in [1.165, 1.54) is 5.56 Å². The van der Waals surface area contributed by atoms with Crippen molar-refractivity contribution in [3.8, 4) is 0 Å². The summed E-state index contributed by atoms with van der Waals surface area (Å²) in [5, 5.41) is 8.70. The first-order valence-electron chi connectivity index (χ1n) is 5.26. The summed E-state index contributed by atoms with van der Waals surface area (Å²) < 4.78 is 1.12. The van der Waals surface area contributed by atoms with Gasteiger partial charge in [0.1, 0.15) is 0 Å². The van der Waals surface area contributed by atoms with Crippen LogP contribution in [0.25, 0.3) is 0 Å². The fraction of sp³-hybridized carbons (Fsp3) is 0.500. The molecule has 0 saturated carbocycles. The summed E-state index contributed by atoms with van der Waals surface area (Å²) in [6.45, 7) is 2.29. The molecule has 0 radical (unpaired) electrons. The summed E-state index contributed by atoms with van der Waals surface area (Å²) in [5.41, 5.74) is 1.36. The van der Waals surface area contributed by atoms with E-state index < -0.39 is 0 Å². The monoisotopic (exact) mass is 271 g/mol. The van der Waals surface area contributed by atoms with Gasteiger partial charge in [0.05, 0.1) is 0 Å². The number of hydrogen-bond acceptors (Lipinski definition) is 2. The average Bonchev–Trinajstić information content (AvgIpc) is 2.25. The Balaban J connectivity index is 2.27. The molecule has 2 nitrogen and oxygen atoms in total. The Labute approximate surface area is 100 Å². The minimum atomic E-state index is 0.280. The Morgan fingerprint density at radius 3 is 2.47 bits per heavy atom. The minimum absolute atomic E-state index is 0.280. The molecule has 0 fully saturated rings. The second kappa shape index (κ2) is 6.99. The van der Waals surface area contributed by atoms with E-state index in [0.29, 0.717) is 0 Å². The zero-order valence-corrected chi connectivity index (χ0v) is 10.7. The fourth-order valence-corrected chi connectivity index (χ4v) is 1.69. The van der Waals surface area contributed by atoms with Crippen LogP contribution >= 0.6 is 15.9 Å². The molecule has 1 aromatic carbocycles. The molecule has 0 saturated heterocycles. The van der Waals surface area contributed by atoms with E-state index in [4.69, 9.17) is 5.11 Å². The van der Waals surface area contributed by atoms with Crippen molar-refractivity contribution in [2.45, 2.75) is 12.8 Å². The van der Waals surface area contributed by atoms with Gasteiger partial charge in [0.25, 0.3) is 0 Å². The van der Waals surface area contributed by atoms with Crippen molar-refractivity contribution in [2.24, 2.45) is 0 Å². The van der Waals surface area contributed by atoms with Crippen LogP contribution in [0.3, 0.4) is 0 Å². The molecule has 0 atom stereocenters. The van der Waals surface area contributed by atoms with E-state index in [0.717, 1.165) is 30.4 Å². The van der Waals surface area contributed by atoms with Crippen LogP contribution in [0.15, 0.2) is 28.7 Å². The molecule has 3 heteroatoms. The molecule has 0 amide bonds. The number of rotatable bonds is 6. The number of aliphatic hydroxyl groups is 1. The van der Waals surface area contributed by atoms with Crippen LogP contribution in [-0.2, 0) is 6.42 Å². The lowest BCUT2D eigenvalue weighted by Gasteiger charge is -2.15. The van der Waals surface area contributed by atoms with Crippen molar-refractivity contribution in [3.63, 3.8) is 0 Å². The summed E-state index contributed by atoms with van der Waals surface area (Å²) >= 11 is 3.42. The molecular formula is C12H18BrNO.